The Morgan fingerprint density at radius 3 is 1.44 bits per heavy atom. The first-order chi connectivity index (χ1) is 28.2. The Labute approximate surface area is 329 Å². The minimum atomic E-state index is 0.547. The van der Waals surface area contributed by atoms with Gasteiger partial charge < -0.3 is 4.42 Å². The van der Waals surface area contributed by atoms with Crippen LogP contribution in [-0.4, -0.2) is 15.0 Å². The fourth-order valence-electron chi connectivity index (χ4n) is 7.49. The van der Waals surface area contributed by atoms with Gasteiger partial charge in [-0.1, -0.05) is 158 Å². The van der Waals surface area contributed by atoms with Crippen molar-refractivity contribution in [3.63, 3.8) is 0 Å². The number of rotatable bonds is 7. The van der Waals surface area contributed by atoms with Crippen molar-refractivity contribution in [1.29, 1.82) is 5.26 Å². The molecule has 8 aromatic carbocycles. The van der Waals surface area contributed by atoms with Crippen molar-refractivity contribution in [2.75, 3.05) is 0 Å². The van der Waals surface area contributed by atoms with Gasteiger partial charge in [0.1, 0.15) is 11.2 Å². The molecule has 0 bridgehead atoms. The highest BCUT2D eigenvalue weighted by molar-refractivity contribution is 6.13. The number of benzene rings is 8. The van der Waals surface area contributed by atoms with Crippen LogP contribution in [0.25, 0.3) is 101 Å². The van der Waals surface area contributed by atoms with Crippen LogP contribution < -0.4 is 0 Å². The highest BCUT2D eigenvalue weighted by Gasteiger charge is 2.17. The summed E-state index contributed by atoms with van der Waals surface area (Å²) in [5.74, 6) is 1.68. The summed E-state index contributed by atoms with van der Waals surface area (Å²) in [6.45, 7) is 0. The van der Waals surface area contributed by atoms with Gasteiger partial charge in [-0.25, -0.2) is 15.0 Å². The smallest absolute Gasteiger partial charge is 0.164 e. The van der Waals surface area contributed by atoms with Gasteiger partial charge in [0.15, 0.2) is 17.5 Å². The van der Waals surface area contributed by atoms with Crippen molar-refractivity contribution in [1.82, 2.24) is 15.0 Å². The second-order valence-electron chi connectivity index (χ2n) is 14.0. The second-order valence-corrected chi connectivity index (χ2v) is 14.0. The van der Waals surface area contributed by atoms with Gasteiger partial charge in [0.2, 0.25) is 0 Å². The third-order valence-corrected chi connectivity index (χ3v) is 10.4. The second kappa shape index (κ2) is 14.4. The van der Waals surface area contributed by atoms with Crippen molar-refractivity contribution < 1.29 is 4.42 Å². The molecule has 2 heterocycles. The average molecular weight is 729 g/mol. The zero-order chi connectivity index (χ0) is 38.1. The molecule has 0 saturated heterocycles. The number of furan rings is 1. The summed E-state index contributed by atoms with van der Waals surface area (Å²) in [6.07, 6.45) is 0. The quantitative estimate of drug-likeness (QED) is 0.163. The van der Waals surface area contributed by atoms with Gasteiger partial charge in [0.05, 0.1) is 11.6 Å². The molecule has 0 spiro atoms. The fraction of sp³-hybridized carbons (Fsp3) is 0. The molecule has 0 unspecified atom stereocenters. The summed E-state index contributed by atoms with van der Waals surface area (Å²) in [4.78, 5) is 15.2. The van der Waals surface area contributed by atoms with E-state index in [4.69, 9.17) is 19.4 Å². The molecule has 2 aromatic heterocycles. The molecule has 10 rings (SSSR count). The predicted octanol–water partition coefficient (Wildman–Crippen LogP) is 13.3. The maximum atomic E-state index is 9.45. The van der Waals surface area contributed by atoms with E-state index in [0.717, 1.165) is 72.0 Å². The van der Waals surface area contributed by atoms with E-state index in [-0.39, 0.29) is 0 Å². The summed E-state index contributed by atoms with van der Waals surface area (Å²) in [6, 6.07) is 68.2. The van der Waals surface area contributed by atoms with Gasteiger partial charge >= 0.3 is 0 Å². The molecule has 0 aliphatic carbocycles. The fourth-order valence-corrected chi connectivity index (χ4v) is 7.49. The Bertz CT molecular complexity index is 3110. The molecule has 0 radical (unpaired) electrons. The number of fused-ring (bicyclic) bond motifs is 3. The van der Waals surface area contributed by atoms with Crippen LogP contribution in [-0.2, 0) is 0 Å². The first-order valence-corrected chi connectivity index (χ1v) is 18.8. The lowest BCUT2D eigenvalue weighted by Gasteiger charge is -2.10. The standard InChI is InChI=1S/C52H32N4O/c53-33-34-10-7-15-41(30-34)36-20-24-39(25-21-36)50-54-51(40-26-22-37(23-27-40)43-17-8-16-42(31-43)35-11-3-1-4-12-35)56-52(55-50)44-28-29-46-48(32-44)57-47-19-9-18-45(49(46)47)38-13-5-2-6-14-38/h1-32H. The normalized spacial score (nSPS) is 11.1. The molecule has 5 heteroatoms. The molecule has 0 saturated carbocycles. The molecular formula is C52H32N4O. The van der Waals surface area contributed by atoms with E-state index in [2.05, 4.69) is 121 Å². The minimum Gasteiger partial charge on any atom is -0.456 e. The molecule has 10 aromatic rings. The maximum absolute atomic E-state index is 9.45. The Morgan fingerprint density at radius 2 is 0.825 bits per heavy atom. The van der Waals surface area contributed by atoms with E-state index in [9.17, 15) is 5.26 Å². The maximum Gasteiger partial charge on any atom is 0.164 e. The molecular weight excluding hydrogens is 697 g/mol. The largest absolute Gasteiger partial charge is 0.456 e. The van der Waals surface area contributed by atoms with Gasteiger partial charge in [0, 0.05) is 27.5 Å². The van der Waals surface area contributed by atoms with E-state index in [0.29, 0.717) is 23.0 Å². The lowest BCUT2D eigenvalue weighted by Crippen LogP contribution is -2.00. The van der Waals surface area contributed by atoms with E-state index in [1.807, 2.05) is 78.9 Å². The van der Waals surface area contributed by atoms with Crippen LogP contribution in [0.4, 0.5) is 0 Å². The van der Waals surface area contributed by atoms with Gasteiger partial charge in [0.25, 0.3) is 0 Å². The summed E-state index contributed by atoms with van der Waals surface area (Å²) >= 11 is 0. The van der Waals surface area contributed by atoms with Gasteiger partial charge in [-0.15, -0.1) is 0 Å². The van der Waals surface area contributed by atoms with E-state index >= 15 is 0 Å². The number of nitrogens with zero attached hydrogens (tertiary/aromatic N) is 4. The van der Waals surface area contributed by atoms with Crippen LogP contribution in [0.15, 0.2) is 199 Å². The van der Waals surface area contributed by atoms with Crippen LogP contribution in [0.1, 0.15) is 5.56 Å². The van der Waals surface area contributed by atoms with E-state index in [1.54, 1.807) is 0 Å². The highest BCUT2D eigenvalue weighted by Crippen LogP contribution is 2.38. The van der Waals surface area contributed by atoms with Gasteiger partial charge in [-0.3, -0.25) is 0 Å². The highest BCUT2D eigenvalue weighted by atomic mass is 16.3. The van der Waals surface area contributed by atoms with Crippen LogP contribution in [0.2, 0.25) is 0 Å². The Kier molecular flexibility index (Phi) is 8.48. The van der Waals surface area contributed by atoms with Crippen molar-refractivity contribution in [2.24, 2.45) is 0 Å². The lowest BCUT2D eigenvalue weighted by molar-refractivity contribution is 0.669. The molecule has 0 aliphatic rings. The zero-order valence-electron chi connectivity index (χ0n) is 30.7. The number of nitriles is 1. The molecule has 0 fully saturated rings. The summed E-state index contributed by atoms with van der Waals surface area (Å²) < 4.78 is 6.48. The average Bonchev–Trinajstić information content (AvgIpc) is 3.68. The van der Waals surface area contributed by atoms with Crippen LogP contribution in [0, 0.1) is 11.3 Å². The van der Waals surface area contributed by atoms with Crippen molar-refractivity contribution in [3.05, 3.63) is 200 Å². The molecule has 0 aliphatic heterocycles. The van der Waals surface area contributed by atoms with Crippen molar-refractivity contribution >= 4 is 21.9 Å². The van der Waals surface area contributed by atoms with E-state index < -0.39 is 0 Å². The molecule has 5 nitrogen and oxygen atoms in total. The van der Waals surface area contributed by atoms with Gasteiger partial charge in [-0.2, -0.15) is 5.26 Å². The monoisotopic (exact) mass is 728 g/mol. The number of hydrogen-bond acceptors (Lipinski definition) is 5. The molecule has 0 amide bonds. The predicted molar refractivity (Wildman–Crippen MR) is 230 cm³/mol. The summed E-state index contributed by atoms with van der Waals surface area (Å²) in [7, 11) is 0. The zero-order valence-corrected chi connectivity index (χ0v) is 30.7. The third kappa shape index (κ3) is 6.52. The Hall–Kier alpha value is -7.94. The first-order valence-electron chi connectivity index (χ1n) is 18.8. The molecule has 0 N–H and O–H groups in total. The van der Waals surface area contributed by atoms with Crippen LogP contribution in [0.3, 0.4) is 0 Å². The van der Waals surface area contributed by atoms with Crippen molar-refractivity contribution in [3.8, 4) is 84.7 Å². The van der Waals surface area contributed by atoms with E-state index in [1.165, 1.54) is 11.1 Å². The first kappa shape index (κ1) is 33.6. The summed E-state index contributed by atoms with van der Waals surface area (Å²) in [5, 5.41) is 11.6. The SMILES string of the molecule is N#Cc1cccc(-c2ccc(-c3nc(-c4ccc(-c5cccc(-c6ccccc6)c5)cc4)nc(-c4ccc5c(c4)oc4cccc(-c6ccccc6)c45)n3)cc2)c1. The third-order valence-electron chi connectivity index (χ3n) is 10.4. The minimum absolute atomic E-state index is 0.547. The lowest BCUT2D eigenvalue weighted by atomic mass is 9.98. The molecule has 266 valence electrons. The van der Waals surface area contributed by atoms with Crippen molar-refractivity contribution in [2.45, 2.75) is 0 Å². The molecule has 57 heavy (non-hydrogen) atoms. The van der Waals surface area contributed by atoms with Gasteiger partial charge in [-0.05, 0) is 80.9 Å². The van der Waals surface area contributed by atoms with Crippen LogP contribution >= 0.6 is 0 Å². The topological polar surface area (TPSA) is 75.6 Å². The van der Waals surface area contributed by atoms with Crippen LogP contribution in [0.5, 0.6) is 0 Å². The Balaban J connectivity index is 1.06. The Morgan fingerprint density at radius 1 is 0.351 bits per heavy atom. The number of aromatic nitrogens is 3. The number of hydrogen-bond donors (Lipinski definition) is 0. The summed E-state index contributed by atoms with van der Waals surface area (Å²) in [5.41, 5.74) is 13.6. The molecule has 0 atom stereocenters.